The number of imide groups is 1. The highest BCUT2D eigenvalue weighted by molar-refractivity contribution is 8.00. The second kappa shape index (κ2) is 8.91. The van der Waals surface area contributed by atoms with Crippen LogP contribution in [-0.2, 0) is 19.2 Å². The summed E-state index contributed by atoms with van der Waals surface area (Å²) in [7, 11) is 0. The second-order valence-corrected chi connectivity index (χ2v) is 8.74. The molecule has 0 bridgehead atoms. The first-order valence-corrected chi connectivity index (χ1v) is 10.3. The van der Waals surface area contributed by atoms with E-state index in [1.807, 2.05) is 0 Å². The van der Waals surface area contributed by atoms with E-state index in [0.29, 0.717) is 15.7 Å². The molecule has 3 rings (SSSR count). The molecule has 0 saturated carbocycles. The molecule has 0 saturated heterocycles. The molecule has 2 aromatic rings. The number of carbonyl (C=O) groups is 4. The average Bonchev–Trinajstić information content (AvgIpc) is 2.92. The Bertz CT molecular complexity index is 992. The number of hydrogen-bond donors (Lipinski definition) is 0. The minimum atomic E-state index is -1.33. The lowest BCUT2D eigenvalue weighted by atomic mass is 10.1. The van der Waals surface area contributed by atoms with Gasteiger partial charge in [-0.2, -0.15) is 0 Å². The number of nitrogens with zero attached hydrogens (tertiary/aromatic N) is 1. The van der Waals surface area contributed by atoms with Crippen molar-refractivity contribution in [2.24, 2.45) is 0 Å². The average molecular weight is 443 g/mol. The fourth-order valence-electron chi connectivity index (χ4n) is 2.70. The third-order valence-corrected chi connectivity index (χ3v) is 4.92. The topological polar surface area (TPSA) is 99.2 Å². The number of carbonyl (C=O) groups excluding carboxylic acids is 4. The van der Waals surface area contributed by atoms with Crippen molar-refractivity contribution in [1.29, 1.82) is 0 Å². The molecule has 8 nitrogen and oxygen atoms in total. The fourth-order valence-corrected chi connectivity index (χ4v) is 3.51. The molecule has 1 heterocycles. The van der Waals surface area contributed by atoms with Gasteiger partial charge in [-0.1, -0.05) is 23.9 Å². The maximum absolute atomic E-state index is 12.8. The SMILES string of the molecule is CC(=O)Oc1ccc(SC(ON2C(=O)c3ccccc3C2=O)C(=O)OC(C)(C)C)cc1. The number of fused-ring (bicyclic) bond motifs is 1. The van der Waals surface area contributed by atoms with Gasteiger partial charge in [-0.15, -0.1) is 5.06 Å². The van der Waals surface area contributed by atoms with E-state index in [4.69, 9.17) is 14.3 Å². The predicted molar refractivity (Wildman–Crippen MR) is 111 cm³/mol. The van der Waals surface area contributed by atoms with Crippen molar-refractivity contribution in [3.8, 4) is 5.75 Å². The van der Waals surface area contributed by atoms with Crippen LogP contribution >= 0.6 is 11.8 Å². The van der Waals surface area contributed by atoms with E-state index >= 15 is 0 Å². The summed E-state index contributed by atoms with van der Waals surface area (Å²) < 4.78 is 10.4. The Labute approximate surface area is 183 Å². The molecule has 0 fully saturated rings. The van der Waals surface area contributed by atoms with Gasteiger partial charge < -0.3 is 9.47 Å². The van der Waals surface area contributed by atoms with Crippen LogP contribution in [0.2, 0.25) is 0 Å². The Morgan fingerprint density at radius 2 is 1.48 bits per heavy atom. The molecule has 0 N–H and O–H groups in total. The molecule has 1 atom stereocenters. The van der Waals surface area contributed by atoms with E-state index in [-0.39, 0.29) is 11.1 Å². The highest BCUT2D eigenvalue weighted by Gasteiger charge is 2.40. The summed E-state index contributed by atoms with van der Waals surface area (Å²) in [6.45, 7) is 6.38. The summed E-state index contributed by atoms with van der Waals surface area (Å²) in [5, 5.41) is 0.583. The molecule has 2 amide bonds. The highest BCUT2D eigenvalue weighted by atomic mass is 32.2. The minimum Gasteiger partial charge on any atom is -0.457 e. The number of benzene rings is 2. The molecule has 1 aliphatic heterocycles. The number of thioether (sulfide) groups is 1. The van der Waals surface area contributed by atoms with E-state index in [2.05, 4.69) is 0 Å². The van der Waals surface area contributed by atoms with Crippen molar-refractivity contribution in [3.63, 3.8) is 0 Å². The summed E-state index contributed by atoms with van der Waals surface area (Å²) in [4.78, 5) is 55.2. The molecule has 162 valence electrons. The number of hydroxylamine groups is 2. The largest absolute Gasteiger partial charge is 0.457 e. The summed E-state index contributed by atoms with van der Waals surface area (Å²) in [6, 6.07) is 12.6. The van der Waals surface area contributed by atoms with Crippen LogP contribution in [-0.4, -0.2) is 39.9 Å². The van der Waals surface area contributed by atoms with Crippen molar-refractivity contribution < 1.29 is 33.5 Å². The van der Waals surface area contributed by atoms with Crippen LogP contribution in [0.15, 0.2) is 53.4 Å². The van der Waals surface area contributed by atoms with Crippen LogP contribution in [0, 0.1) is 0 Å². The van der Waals surface area contributed by atoms with Gasteiger partial charge in [0.2, 0.25) is 5.44 Å². The Morgan fingerprint density at radius 1 is 0.935 bits per heavy atom. The van der Waals surface area contributed by atoms with E-state index in [0.717, 1.165) is 11.8 Å². The monoisotopic (exact) mass is 443 g/mol. The predicted octanol–water partition coefficient (Wildman–Crippen LogP) is 3.60. The van der Waals surface area contributed by atoms with E-state index in [1.54, 1.807) is 57.2 Å². The zero-order chi connectivity index (χ0) is 22.8. The lowest BCUT2D eigenvalue weighted by Gasteiger charge is -2.25. The summed E-state index contributed by atoms with van der Waals surface area (Å²) in [5.74, 6) is -2.18. The van der Waals surface area contributed by atoms with E-state index in [9.17, 15) is 19.2 Å². The number of hydrogen-bond acceptors (Lipinski definition) is 8. The Morgan fingerprint density at radius 3 is 1.97 bits per heavy atom. The molecule has 0 aromatic heterocycles. The Kier molecular flexibility index (Phi) is 6.47. The summed E-state index contributed by atoms with van der Waals surface area (Å²) in [5.41, 5.74) is -1.74. The maximum atomic E-state index is 12.8. The van der Waals surface area contributed by atoms with Crippen molar-refractivity contribution >= 4 is 35.5 Å². The molecule has 1 aliphatic rings. The number of amides is 2. The van der Waals surface area contributed by atoms with Crippen LogP contribution in [0.3, 0.4) is 0 Å². The van der Waals surface area contributed by atoms with Gasteiger partial charge in [-0.05, 0) is 57.2 Å². The van der Waals surface area contributed by atoms with Gasteiger partial charge in [0.05, 0.1) is 11.1 Å². The zero-order valence-electron chi connectivity index (χ0n) is 17.4. The van der Waals surface area contributed by atoms with E-state index in [1.165, 1.54) is 19.1 Å². The maximum Gasteiger partial charge on any atom is 0.349 e. The van der Waals surface area contributed by atoms with Gasteiger partial charge in [0, 0.05) is 11.8 Å². The smallest absolute Gasteiger partial charge is 0.349 e. The molecule has 0 radical (unpaired) electrons. The van der Waals surface area contributed by atoms with Gasteiger partial charge in [-0.3, -0.25) is 14.4 Å². The van der Waals surface area contributed by atoms with E-state index < -0.39 is 34.8 Å². The fraction of sp³-hybridized carbons (Fsp3) is 0.273. The molecule has 9 heteroatoms. The first-order chi connectivity index (χ1) is 14.5. The van der Waals surface area contributed by atoms with Crippen LogP contribution in [0.1, 0.15) is 48.4 Å². The molecular weight excluding hydrogens is 422 g/mol. The van der Waals surface area contributed by atoms with Crippen LogP contribution in [0.4, 0.5) is 0 Å². The molecule has 1 unspecified atom stereocenters. The van der Waals surface area contributed by atoms with Crippen molar-refractivity contribution in [2.75, 3.05) is 0 Å². The molecular formula is C22H21NO7S. The van der Waals surface area contributed by atoms with Crippen LogP contribution < -0.4 is 4.74 Å². The summed E-state index contributed by atoms with van der Waals surface area (Å²) >= 11 is 0.951. The van der Waals surface area contributed by atoms with Crippen LogP contribution in [0.5, 0.6) is 5.75 Å². The normalized spacial score (nSPS) is 14.3. The second-order valence-electron chi connectivity index (χ2n) is 7.60. The number of ether oxygens (including phenoxy) is 2. The molecule has 0 spiro atoms. The Hall–Kier alpha value is -3.17. The van der Waals surface area contributed by atoms with Crippen molar-refractivity contribution in [1.82, 2.24) is 5.06 Å². The van der Waals surface area contributed by atoms with Crippen LogP contribution in [0.25, 0.3) is 0 Å². The standard InChI is InChI=1S/C22H21NO7S/c1-13(24)28-14-9-11-15(12-10-14)31-21(20(27)29-22(2,3)4)30-23-18(25)16-7-5-6-8-17(16)19(23)26/h5-12,21H,1-4H3. The number of esters is 2. The molecule has 2 aromatic carbocycles. The Balaban J connectivity index is 1.82. The first-order valence-electron chi connectivity index (χ1n) is 9.38. The highest BCUT2D eigenvalue weighted by Crippen LogP contribution is 2.31. The first kappa shape index (κ1) is 22.5. The quantitative estimate of drug-likeness (QED) is 0.220. The number of rotatable bonds is 6. The van der Waals surface area contributed by atoms with Crippen molar-refractivity contribution in [3.05, 3.63) is 59.7 Å². The van der Waals surface area contributed by atoms with Gasteiger partial charge in [0.25, 0.3) is 11.8 Å². The third-order valence-electron chi connectivity index (χ3n) is 3.89. The lowest BCUT2D eigenvalue weighted by Crippen LogP contribution is -2.39. The lowest BCUT2D eigenvalue weighted by molar-refractivity contribution is -0.176. The third kappa shape index (κ3) is 5.50. The van der Waals surface area contributed by atoms with Gasteiger partial charge >= 0.3 is 11.9 Å². The van der Waals surface area contributed by atoms with Gasteiger partial charge in [0.15, 0.2) is 0 Å². The van der Waals surface area contributed by atoms with Gasteiger partial charge in [-0.25, -0.2) is 9.63 Å². The molecule has 0 aliphatic carbocycles. The molecule has 31 heavy (non-hydrogen) atoms. The summed E-state index contributed by atoms with van der Waals surface area (Å²) in [6.07, 6.45) is 0. The van der Waals surface area contributed by atoms with Gasteiger partial charge in [0.1, 0.15) is 11.4 Å². The van der Waals surface area contributed by atoms with Crippen molar-refractivity contribution in [2.45, 2.75) is 43.6 Å². The zero-order valence-corrected chi connectivity index (χ0v) is 18.2. The minimum absolute atomic E-state index is 0.200.